The van der Waals surface area contributed by atoms with E-state index < -0.39 is 5.97 Å². The van der Waals surface area contributed by atoms with Crippen molar-refractivity contribution >= 4 is 5.97 Å². The van der Waals surface area contributed by atoms with Gasteiger partial charge in [-0.2, -0.15) is 0 Å². The lowest BCUT2D eigenvalue weighted by molar-refractivity contribution is 0.0557. The molecule has 1 N–H and O–H groups in total. The number of esters is 1. The van der Waals surface area contributed by atoms with Crippen molar-refractivity contribution in [2.45, 2.75) is 13.5 Å². The van der Waals surface area contributed by atoms with Gasteiger partial charge in [0.25, 0.3) is 0 Å². The summed E-state index contributed by atoms with van der Waals surface area (Å²) >= 11 is 0. The van der Waals surface area contributed by atoms with Crippen LogP contribution in [-0.4, -0.2) is 67.3 Å². The molecule has 0 amide bonds. The van der Waals surface area contributed by atoms with E-state index >= 15 is 0 Å². The van der Waals surface area contributed by atoms with E-state index in [0.29, 0.717) is 12.3 Å². The van der Waals surface area contributed by atoms with Crippen LogP contribution in [-0.2, 0) is 11.3 Å². The van der Waals surface area contributed by atoms with Gasteiger partial charge in [0.2, 0.25) is 5.76 Å². The van der Waals surface area contributed by atoms with Gasteiger partial charge in [0.1, 0.15) is 5.76 Å². The summed E-state index contributed by atoms with van der Waals surface area (Å²) in [5.74, 6) is 0.654. The summed E-state index contributed by atoms with van der Waals surface area (Å²) in [5.41, 5.74) is 0.811. The minimum absolute atomic E-state index is 0.208. The van der Waals surface area contributed by atoms with Crippen LogP contribution in [0.5, 0.6) is 0 Å². The number of piperazine rings is 1. The van der Waals surface area contributed by atoms with Gasteiger partial charge >= 0.3 is 5.97 Å². The Morgan fingerprint density at radius 1 is 1.35 bits per heavy atom. The number of furan rings is 1. The SMILES string of the molecule is COC(=O)c1oc(CN2CCN(CCO)CC2)cc1C. The van der Waals surface area contributed by atoms with E-state index in [1.54, 1.807) is 0 Å². The minimum Gasteiger partial charge on any atom is -0.463 e. The van der Waals surface area contributed by atoms with E-state index in [-0.39, 0.29) is 6.61 Å². The van der Waals surface area contributed by atoms with Gasteiger partial charge in [-0.1, -0.05) is 0 Å². The van der Waals surface area contributed by atoms with Crippen molar-refractivity contribution in [1.82, 2.24) is 9.80 Å². The van der Waals surface area contributed by atoms with Crippen LogP contribution in [0.3, 0.4) is 0 Å². The minimum atomic E-state index is -0.429. The second-order valence-electron chi connectivity index (χ2n) is 5.06. The molecule has 112 valence electrons. The van der Waals surface area contributed by atoms with Crippen molar-refractivity contribution in [3.05, 3.63) is 23.2 Å². The zero-order valence-electron chi connectivity index (χ0n) is 12.1. The highest BCUT2D eigenvalue weighted by atomic mass is 16.5. The molecule has 2 heterocycles. The number of hydrogen-bond donors (Lipinski definition) is 1. The molecule has 20 heavy (non-hydrogen) atoms. The molecular formula is C14H22N2O4. The monoisotopic (exact) mass is 282 g/mol. The first-order chi connectivity index (χ1) is 9.63. The highest BCUT2D eigenvalue weighted by Crippen LogP contribution is 2.18. The van der Waals surface area contributed by atoms with Gasteiger partial charge in [-0.15, -0.1) is 0 Å². The van der Waals surface area contributed by atoms with Crippen molar-refractivity contribution in [1.29, 1.82) is 0 Å². The smallest absolute Gasteiger partial charge is 0.374 e. The third kappa shape index (κ3) is 3.59. The molecule has 1 saturated heterocycles. The lowest BCUT2D eigenvalue weighted by atomic mass is 10.2. The van der Waals surface area contributed by atoms with E-state index in [1.807, 2.05) is 13.0 Å². The van der Waals surface area contributed by atoms with Crippen molar-refractivity contribution in [2.75, 3.05) is 46.4 Å². The van der Waals surface area contributed by atoms with Crippen LogP contribution in [0.1, 0.15) is 21.9 Å². The van der Waals surface area contributed by atoms with Gasteiger partial charge in [0.05, 0.1) is 20.3 Å². The Kier molecular flexibility index (Phi) is 5.17. The number of rotatable bonds is 5. The number of carbonyl (C=O) groups is 1. The van der Waals surface area contributed by atoms with Gasteiger partial charge in [0.15, 0.2) is 0 Å². The number of nitrogens with zero attached hydrogens (tertiary/aromatic N) is 2. The normalized spacial score (nSPS) is 17.4. The molecule has 0 aromatic carbocycles. The van der Waals surface area contributed by atoms with Crippen molar-refractivity contribution in [2.24, 2.45) is 0 Å². The lowest BCUT2D eigenvalue weighted by Crippen LogP contribution is -2.46. The van der Waals surface area contributed by atoms with Crippen molar-refractivity contribution in [3.63, 3.8) is 0 Å². The van der Waals surface area contributed by atoms with Crippen LogP contribution in [0.2, 0.25) is 0 Å². The van der Waals surface area contributed by atoms with Crippen LogP contribution in [0.4, 0.5) is 0 Å². The molecule has 1 aliphatic heterocycles. The fraction of sp³-hybridized carbons (Fsp3) is 0.643. The summed E-state index contributed by atoms with van der Waals surface area (Å²) in [5, 5.41) is 8.91. The maximum atomic E-state index is 11.5. The van der Waals surface area contributed by atoms with Crippen LogP contribution >= 0.6 is 0 Å². The quantitative estimate of drug-likeness (QED) is 0.793. The van der Waals surface area contributed by atoms with Crippen LogP contribution in [0, 0.1) is 6.92 Å². The fourth-order valence-corrected chi connectivity index (χ4v) is 2.45. The second kappa shape index (κ2) is 6.88. The molecule has 2 rings (SSSR count). The number of aliphatic hydroxyl groups is 1. The molecule has 0 atom stereocenters. The first-order valence-corrected chi connectivity index (χ1v) is 6.87. The third-order valence-corrected chi connectivity index (χ3v) is 3.60. The largest absolute Gasteiger partial charge is 0.463 e. The number of aryl methyl sites for hydroxylation is 1. The van der Waals surface area contributed by atoms with E-state index in [4.69, 9.17) is 9.52 Å². The molecule has 0 bridgehead atoms. The zero-order valence-corrected chi connectivity index (χ0v) is 12.1. The lowest BCUT2D eigenvalue weighted by Gasteiger charge is -2.33. The van der Waals surface area contributed by atoms with E-state index in [1.165, 1.54) is 7.11 Å². The molecular weight excluding hydrogens is 260 g/mol. The van der Waals surface area contributed by atoms with E-state index in [0.717, 1.165) is 44.0 Å². The zero-order chi connectivity index (χ0) is 14.5. The molecule has 6 heteroatoms. The second-order valence-corrected chi connectivity index (χ2v) is 5.06. The highest BCUT2D eigenvalue weighted by Gasteiger charge is 2.20. The Balaban J connectivity index is 1.90. The summed E-state index contributed by atoms with van der Waals surface area (Å²) < 4.78 is 10.3. The number of ether oxygens (including phenoxy) is 1. The summed E-state index contributed by atoms with van der Waals surface area (Å²) in [7, 11) is 1.35. The van der Waals surface area contributed by atoms with Crippen molar-refractivity contribution < 1.29 is 19.1 Å². The topological polar surface area (TPSA) is 66.2 Å². The Hall–Kier alpha value is -1.37. The standard InChI is InChI=1S/C14H22N2O4/c1-11-9-12(20-13(11)14(18)19-2)10-16-5-3-15(4-6-16)7-8-17/h9,17H,3-8,10H2,1-2H3. The van der Waals surface area contributed by atoms with E-state index in [9.17, 15) is 4.79 Å². The van der Waals surface area contributed by atoms with Gasteiger partial charge in [-0.3, -0.25) is 9.80 Å². The number of aliphatic hydroxyl groups excluding tert-OH is 1. The molecule has 1 fully saturated rings. The number of β-amino-alcohol motifs (C(OH)–C–C–N with tert-alkyl or cyclic N) is 1. The summed E-state index contributed by atoms with van der Waals surface area (Å²) in [4.78, 5) is 16.0. The Morgan fingerprint density at radius 2 is 2.00 bits per heavy atom. The van der Waals surface area contributed by atoms with Gasteiger partial charge in [-0.25, -0.2) is 4.79 Å². The molecule has 1 aromatic heterocycles. The first-order valence-electron chi connectivity index (χ1n) is 6.87. The maximum Gasteiger partial charge on any atom is 0.374 e. The van der Waals surface area contributed by atoms with Gasteiger partial charge in [-0.05, 0) is 13.0 Å². The predicted octanol–water partition coefficient (Wildman–Crippen LogP) is 0.485. The first kappa shape index (κ1) is 15.0. The molecule has 0 unspecified atom stereocenters. The molecule has 1 aromatic rings. The van der Waals surface area contributed by atoms with Crippen LogP contribution in [0.25, 0.3) is 0 Å². The van der Waals surface area contributed by atoms with Crippen LogP contribution < -0.4 is 0 Å². The number of methoxy groups -OCH3 is 1. The van der Waals surface area contributed by atoms with Crippen molar-refractivity contribution in [3.8, 4) is 0 Å². The molecule has 0 spiro atoms. The average molecular weight is 282 g/mol. The van der Waals surface area contributed by atoms with Gasteiger partial charge in [0, 0.05) is 38.3 Å². The molecule has 6 nitrogen and oxygen atoms in total. The predicted molar refractivity (Wildman–Crippen MR) is 73.6 cm³/mol. The summed E-state index contributed by atoms with van der Waals surface area (Å²) in [6, 6.07) is 1.90. The maximum absolute atomic E-state index is 11.5. The highest BCUT2D eigenvalue weighted by molar-refractivity contribution is 5.87. The Morgan fingerprint density at radius 3 is 2.60 bits per heavy atom. The Bertz CT molecular complexity index is 450. The third-order valence-electron chi connectivity index (χ3n) is 3.60. The molecule has 1 aliphatic rings. The summed E-state index contributed by atoms with van der Waals surface area (Å²) in [6.45, 7) is 7.26. The number of hydrogen-bond acceptors (Lipinski definition) is 6. The molecule has 0 radical (unpaired) electrons. The fourth-order valence-electron chi connectivity index (χ4n) is 2.45. The van der Waals surface area contributed by atoms with E-state index in [2.05, 4.69) is 14.5 Å². The van der Waals surface area contributed by atoms with Crippen LogP contribution in [0.15, 0.2) is 10.5 Å². The Labute approximate surface area is 118 Å². The average Bonchev–Trinajstić information content (AvgIpc) is 2.81. The summed E-state index contributed by atoms with van der Waals surface area (Å²) in [6.07, 6.45) is 0. The van der Waals surface area contributed by atoms with Gasteiger partial charge < -0.3 is 14.3 Å². The number of carbonyl (C=O) groups excluding carboxylic acids is 1. The molecule has 0 aliphatic carbocycles. The molecule has 0 saturated carbocycles.